The SMILES string of the molecule is COc1ccc(Cn2ncc(NC(=O)c3cc([N+](=O)[O-])ccc3C)c2N)cc1. The summed E-state index contributed by atoms with van der Waals surface area (Å²) in [5.41, 5.74) is 8.07. The zero-order valence-electron chi connectivity index (χ0n) is 15.4. The molecule has 0 saturated heterocycles. The minimum Gasteiger partial charge on any atom is -0.497 e. The van der Waals surface area contributed by atoms with E-state index in [1.807, 2.05) is 24.3 Å². The van der Waals surface area contributed by atoms with Crippen molar-refractivity contribution in [1.82, 2.24) is 9.78 Å². The normalized spacial score (nSPS) is 10.5. The number of carbonyl (C=O) groups excluding carboxylic acids is 1. The molecule has 0 atom stereocenters. The molecule has 0 radical (unpaired) electrons. The lowest BCUT2D eigenvalue weighted by Crippen LogP contribution is -2.15. The Morgan fingerprint density at radius 1 is 1.29 bits per heavy atom. The lowest BCUT2D eigenvalue weighted by molar-refractivity contribution is -0.384. The molecule has 1 amide bonds. The van der Waals surface area contributed by atoms with Gasteiger partial charge in [-0.1, -0.05) is 18.2 Å². The molecule has 9 heteroatoms. The van der Waals surface area contributed by atoms with Crippen LogP contribution in [0.2, 0.25) is 0 Å². The molecular formula is C19H19N5O4. The van der Waals surface area contributed by atoms with Gasteiger partial charge in [0.05, 0.1) is 24.8 Å². The molecule has 0 aliphatic carbocycles. The van der Waals surface area contributed by atoms with Crippen molar-refractivity contribution in [3.63, 3.8) is 0 Å². The maximum atomic E-state index is 12.6. The molecule has 0 saturated carbocycles. The van der Waals surface area contributed by atoms with Crippen molar-refractivity contribution < 1.29 is 14.5 Å². The number of nitrogens with one attached hydrogen (secondary N) is 1. The molecule has 0 bridgehead atoms. The van der Waals surface area contributed by atoms with Crippen molar-refractivity contribution >= 4 is 23.1 Å². The summed E-state index contributed by atoms with van der Waals surface area (Å²) in [7, 11) is 1.60. The third kappa shape index (κ3) is 3.93. The van der Waals surface area contributed by atoms with Crippen LogP contribution in [-0.2, 0) is 6.54 Å². The van der Waals surface area contributed by atoms with Gasteiger partial charge in [-0.05, 0) is 30.2 Å². The number of nitrogens with zero attached hydrogens (tertiary/aromatic N) is 3. The van der Waals surface area contributed by atoms with Crippen molar-refractivity contribution in [3.8, 4) is 5.75 Å². The zero-order chi connectivity index (χ0) is 20.3. The number of aromatic nitrogens is 2. The summed E-state index contributed by atoms with van der Waals surface area (Å²) in [4.78, 5) is 23.0. The van der Waals surface area contributed by atoms with E-state index >= 15 is 0 Å². The fourth-order valence-corrected chi connectivity index (χ4v) is 2.68. The molecule has 2 aromatic carbocycles. The number of benzene rings is 2. The van der Waals surface area contributed by atoms with Gasteiger partial charge >= 0.3 is 0 Å². The number of nitrogen functional groups attached to an aromatic ring is 1. The highest BCUT2D eigenvalue weighted by Gasteiger charge is 2.17. The smallest absolute Gasteiger partial charge is 0.270 e. The molecule has 28 heavy (non-hydrogen) atoms. The average molecular weight is 381 g/mol. The fourth-order valence-electron chi connectivity index (χ4n) is 2.68. The summed E-state index contributed by atoms with van der Waals surface area (Å²) >= 11 is 0. The van der Waals surface area contributed by atoms with Gasteiger partial charge in [0, 0.05) is 17.7 Å². The number of carbonyl (C=O) groups is 1. The van der Waals surface area contributed by atoms with Crippen molar-refractivity contribution in [2.75, 3.05) is 18.2 Å². The number of nitro groups is 1. The fraction of sp³-hybridized carbons (Fsp3) is 0.158. The third-order valence-electron chi connectivity index (χ3n) is 4.30. The van der Waals surface area contributed by atoms with Gasteiger partial charge in [0.1, 0.15) is 17.3 Å². The number of nitro benzene ring substituents is 1. The van der Waals surface area contributed by atoms with Crippen LogP contribution in [0.25, 0.3) is 0 Å². The van der Waals surface area contributed by atoms with Crippen molar-refractivity contribution in [2.24, 2.45) is 0 Å². The molecule has 3 rings (SSSR count). The van der Waals surface area contributed by atoms with Gasteiger partial charge in [-0.15, -0.1) is 0 Å². The monoisotopic (exact) mass is 381 g/mol. The first-order chi connectivity index (χ1) is 13.4. The predicted octanol–water partition coefficient (Wildman–Crippen LogP) is 2.99. The average Bonchev–Trinajstić information content (AvgIpc) is 3.02. The molecule has 3 N–H and O–H groups in total. The van der Waals surface area contributed by atoms with Crippen LogP contribution in [0.3, 0.4) is 0 Å². The first kappa shape index (κ1) is 18.9. The molecule has 144 valence electrons. The molecule has 1 aromatic heterocycles. The van der Waals surface area contributed by atoms with E-state index in [2.05, 4.69) is 10.4 Å². The first-order valence-corrected chi connectivity index (χ1v) is 8.39. The second-order valence-corrected chi connectivity index (χ2v) is 6.16. The second-order valence-electron chi connectivity index (χ2n) is 6.16. The van der Waals surface area contributed by atoms with E-state index < -0.39 is 10.8 Å². The Kier molecular flexibility index (Phi) is 5.25. The number of aryl methyl sites for hydroxylation is 1. The number of non-ortho nitro benzene ring substituents is 1. The topological polar surface area (TPSA) is 125 Å². The molecule has 0 unspecified atom stereocenters. The Balaban J connectivity index is 1.77. The van der Waals surface area contributed by atoms with Gasteiger partial charge in [-0.3, -0.25) is 14.9 Å². The van der Waals surface area contributed by atoms with Gasteiger partial charge in [-0.2, -0.15) is 5.10 Å². The highest BCUT2D eigenvalue weighted by atomic mass is 16.6. The van der Waals surface area contributed by atoms with Gasteiger partial charge in [0.25, 0.3) is 11.6 Å². The van der Waals surface area contributed by atoms with E-state index in [0.29, 0.717) is 17.8 Å². The quantitative estimate of drug-likeness (QED) is 0.499. The van der Waals surface area contributed by atoms with E-state index in [1.54, 1.807) is 18.7 Å². The van der Waals surface area contributed by atoms with Crippen LogP contribution >= 0.6 is 0 Å². The predicted molar refractivity (Wildman–Crippen MR) is 105 cm³/mol. The lowest BCUT2D eigenvalue weighted by Gasteiger charge is -2.09. The highest BCUT2D eigenvalue weighted by molar-refractivity contribution is 6.06. The summed E-state index contributed by atoms with van der Waals surface area (Å²) < 4.78 is 6.68. The van der Waals surface area contributed by atoms with E-state index in [9.17, 15) is 14.9 Å². The molecule has 0 fully saturated rings. The van der Waals surface area contributed by atoms with Gasteiger partial charge < -0.3 is 15.8 Å². The van der Waals surface area contributed by atoms with Gasteiger partial charge in [0.15, 0.2) is 0 Å². The number of ether oxygens (including phenoxy) is 1. The number of rotatable bonds is 6. The number of anilines is 2. The molecule has 1 heterocycles. The Labute approximate surface area is 160 Å². The van der Waals surface area contributed by atoms with E-state index in [1.165, 1.54) is 24.4 Å². The van der Waals surface area contributed by atoms with Crippen molar-refractivity contribution in [2.45, 2.75) is 13.5 Å². The number of methoxy groups -OCH3 is 1. The summed E-state index contributed by atoms with van der Waals surface area (Å²) in [6.07, 6.45) is 1.45. The van der Waals surface area contributed by atoms with Crippen LogP contribution in [0.15, 0.2) is 48.7 Å². The van der Waals surface area contributed by atoms with E-state index in [4.69, 9.17) is 10.5 Å². The molecule has 0 spiro atoms. The van der Waals surface area contributed by atoms with Crippen LogP contribution in [-0.4, -0.2) is 27.7 Å². The third-order valence-corrected chi connectivity index (χ3v) is 4.30. The standard InChI is InChI=1S/C19H19N5O4/c1-12-3-6-14(24(26)27)9-16(12)19(25)22-17-10-21-23(18(17)20)11-13-4-7-15(28-2)8-5-13/h3-10H,11,20H2,1-2H3,(H,22,25). The zero-order valence-corrected chi connectivity index (χ0v) is 15.4. The molecular weight excluding hydrogens is 362 g/mol. The highest BCUT2D eigenvalue weighted by Crippen LogP contribution is 2.23. The number of nitrogens with two attached hydrogens (primary N) is 1. The maximum absolute atomic E-state index is 12.6. The summed E-state index contributed by atoms with van der Waals surface area (Å²) in [6, 6.07) is 11.6. The Bertz CT molecular complexity index is 1030. The largest absolute Gasteiger partial charge is 0.497 e. The lowest BCUT2D eigenvalue weighted by atomic mass is 10.1. The van der Waals surface area contributed by atoms with Crippen molar-refractivity contribution in [1.29, 1.82) is 0 Å². The Morgan fingerprint density at radius 3 is 2.64 bits per heavy atom. The summed E-state index contributed by atoms with van der Waals surface area (Å²) in [6.45, 7) is 2.12. The number of amides is 1. The maximum Gasteiger partial charge on any atom is 0.270 e. The number of hydrogen-bond donors (Lipinski definition) is 2. The minimum absolute atomic E-state index is 0.154. The second kappa shape index (κ2) is 7.78. The van der Waals surface area contributed by atoms with Crippen LogP contribution in [0.5, 0.6) is 5.75 Å². The summed E-state index contributed by atoms with van der Waals surface area (Å²) in [5.74, 6) is 0.543. The molecule has 3 aromatic rings. The van der Waals surface area contributed by atoms with Crippen LogP contribution in [0.1, 0.15) is 21.5 Å². The first-order valence-electron chi connectivity index (χ1n) is 8.39. The molecule has 0 aliphatic heterocycles. The Morgan fingerprint density at radius 2 is 2.00 bits per heavy atom. The summed E-state index contributed by atoms with van der Waals surface area (Å²) in [5, 5.41) is 17.8. The van der Waals surface area contributed by atoms with Crippen LogP contribution in [0, 0.1) is 17.0 Å². The Hall–Kier alpha value is -3.88. The van der Waals surface area contributed by atoms with Crippen molar-refractivity contribution in [3.05, 3.63) is 75.5 Å². The van der Waals surface area contributed by atoms with Gasteiger partial charge in [0.2, 0.25) is 0 Å². The minimum atomic E-state index is -0.544. The van der Waals surface area contributed by atoms with E-state index in [-0.39, 0.29) is 17.1 Å². The van der Waals surface area contributed by atoms with Gasteiger partial charge in [-0.25, -0.2) is 4.68 Å². The van der Waals surface area contributed by atoms with Crippen LogP contribution < -0.4 is 15.8 Å². The van der Waals surface area contributed by atoms with E-state index in [0.717, 1.165) is 11.3 Å². The number of hydrogen-bond acceptors (Lipinski definition) is 6. The van der Waals surface area contributed by atoms with Crippen LogP contribution in [0.4, 0.5) is 17.2 Å². The molecule has 9 nitrogen and oxygen atoms in total. The molecule has 0 aliphatic rings.